The van der Waals surface area contributed by atoms with Gasteiger partial charge in [0, 0.05) is 26.0 Å². The summed E-state index contributed by atoms with van der Waals surface area (Å²) in [7, 11) is 1.96. The van der Waals surface area contributed by atoms with Crippen LogP contribution in [0.2, 0.25) is 0 Å². The van der Waals surface area contributed by atoms with Crippen molar-refractivity contribution in [1.82, 2.24) is 14.4 Å². The smallest absolute Gasteiger partial charge is 0.180 e. The van der Waals surface area contributed by atoms with Crippen LogP contribution < -0.4 is 16.2 Å². The molecule has 19 heavy (non-hydrogen) atoms. The molecular weight excluding hydrogens is 244 g/mol. The zero-order valence-corrected chi connectivity index (χ0v) is 11.5. The summed E-state index contributed by atoms with van der Waals surface area (Å²) in [6, 6.07) is 0. The monoisotopic (exact) mass is 264 g/mol. The summed E-state index contributed by atoms with van der Waals surface area (Å²) in [6.07, 6.45) is 5.62. The number of rotatable bonds is 6. The van der Waals surface area contributed by atoms with Gasteiger partial charge < -0.3 is 19.5 Å². The molecule has 0 aliphatic carbocycles. The molecule has 0 bridgehead atoms. The predicted molar refractivity (Wildman–Crippen MR) is 75.2 cm³/mol. The quantitative estimate of drug-likeness (QED) is 0.595. The first-order valence-corrected chi connectivity index (χ1v) is 6.25. The molecule has 0 atom stereocenters. The number of aromatic nitrogens is 3. The molecule has 2 aromatic heterocycles. The van der Waals surface area contributed by atoms with Gasteiger partial charge in [0.25, 0.3) is 0 Å². The first kappa shape index (κ1) is 13.6. The molecule has 0 saturated heterocycles. The Labute approximate surface area is 112 Å². The van der Waals surface area contributed by atoms with Crippen molar-refractivity contribution >= 4 is 17.3 Å². The largest absolute Gasteiger partial charge is 0.377 e. The Morgan fingerprint density at radius 3 is 3.00 bits per heavy atom. The molecule has 7 nitrogen and oxygen atoms in total. The summed E-state index contributed by atoms with van der Waals surface area (Å²) in [5.41, 5.74) is 3.36. The highest BCUT2D eigenvalue weighted by Crippen LogP contribution is 2.18. The highest BCUT2D eigenvalue weighted by atomic mass is 16.5. The second-order valence-corrected chi connectivity index (χ2v) is 4.59. The fourth-order valence-electron chi connectivity index (χ4n) is 1.77. The first-order chi connectivity index (χ1) is 9.11. The van der Waals surface area contributed by atoms with Crippen LogP contribution in [0.25, 0.3) is 5.65 Å². The number of nitrogens with one attached hydrogen (secondary N) is 1. The number of nitrogen functional groups attached to an aromatic ring is 1. The van der Waals surface area contributed by atoms with Gasteiger partial charge >= 0.3 is 0 Å². The molecule has 2 heterocycles. The lowest BCUT2D eigenvalue weighted by molar-refractivity contribution is 0.0845. The Morgan fingerprint density at radius 1 is 1.53 bits per heavy atom. The molecule has 104 valence electrons. The molecular formula is C12H20N6O. The number of anilines is 2. The third-order valence-electron chi connectivity index (χ3n) is 2.74. The molecule has 3 N–H and O–H groups in total. The maximum absolute atomic E-state index is 5.55. The van der Waals surface area contributed by atoms with Crippen molar-refractivity contribution < 1.29 is 4.74 Å². The lowest BCUT2D eigenvalue weighted by Gasteiger charge is -2.20. The van der Waals surface area contributed by atoms with Crippen LogP contribution in [0.3, 0.4) is 0 Å². The second kappa shape index (κ2) is 5.85. The van der Waals surface area contributed by atoms with Gasteiger partial charge in [-0.2, -0.15) is 0 Å². The van der Waals surface area contributed by atoms with E-state index in [1.807, 2.05) is 36.4 Å². The standard InChI is InChI=1S/C12H20N6O/c1-9(2)19-7-6-17(3)12-11-14-4-5-18(11)8-10(15-12)16-13/h4-5,8-9,16H,6-7,13H2,1-3H3. The SMILES string of the molecule is CC(C)OCCN(C)c1nc(NN)cn2ccnc12. The number of likely N-dealkylation sites (N-methyl/N-ethyl adjacent to an activating group) is 1. The van der Waals surface area contributed by atoms with Crippen molar-refractivity contribution in [3.05, 3.63) is 18.6 Å². The van der Waals surface area contributed by atoms with E-state index in [0.29, 0.717) is 12.4 Å². The van der Waals surface area contributed by atoms with Crippen LogP contribution in [0.15, 0.2) is 18.6 Å². The maximum Gasteiger partial charge on any atom is 0.180 e. The molecule has 0 saturated carbocycles. The minimum atomic E-state index is 0.227. The summed E-state index contributed by atoms with van der Waals surface area (Å²) < 4.78 is 7.43. The van der Waals surface area contributed by atoms with Gasteiger partial charge in [-0.15, -0.1) is 0 Å². The van der Waals surface area contributed by atoms with Gasteiger partial charge in [-0.05, 0) is 13.8 Å². The topological polar surface area (TPSA) is 80.7 Å². The molecule has 0 unspecified atom stereocenters. The van der Waals surface area contributed by atoms with Gasteiger partial charge in [0.05, 0.1) is 18.9 Å². The Kier molecular flexibility index (Phi) is 4.18. The second-order valence-electron chi connectivity index (χ2n) is 4.59. The number of nitrogens with zero attached hydrogens (tertiary/aromatic N) is 4. The van der Waals surface area contributed by atoms with Crippen LogP contribution in [-0.4, -0.2) is 40.7 Å². The van der Waals surface area contributed by atoms with Gasteiger partial charge in [0.1, 0.15) is 0 Å². The highest BCUT2D eigenvalue weighted by molar-refractivity contribution is 5.66. The van der Waals surface area contributed by atoms with E-state index in [9.17, 15) is 0 Å². The zero-order chi connectivity index (χ0) is 13.8. The Balaban J connectivity index is 2.19. The average molecular weight is 264 g/mol. The molecule has 2 rings (SSSR count). The molecule has 0 aromatic carbocycles. The van der Waals surface area contributed by atoms with E-state index in [-0.39, 0.29) is 6.10 Å². The molecule has 0 aliphatic heterocycles. The number of hydrogen-bond acceptors (Lipinski definition) is 6. The van der Waals surface area contributed by atoms with Crippen LogP contribution in [-0.2, 0) is 4.74 Å². The fourth-order valence-corrected chi connectivity index (χ4v) is 1.77. The van der Waals surface area contributed by atoms with E-state index in [0.717, 1.165) is 18.0 Å². The van der Waals surface area contributed by atoms with E-state index in [1.54, 1.807) is 12.4 Å². The van der Waals surface area contributed by atoms with Crippen molar-refractivity contribution in [2.75, 3.05) is 30.5 Å². The van der Waals surface area contributed by atoms with Crippen LogP contribution in [0, 0.1) is 0 Å². The highest BCUT2D eigenvalue weighted by Gasteiger charge is 2.11. The van der Waals surface area contributed by atoms with Crippen molar-refractivity contribution in [1.29, 1.82) is 0 Å². The third-order valence-corrected chi connectivity index (χ3v) is 2.74. The molecule has 0 spiro atoms. The fraction of sp³-hybridized carbons (Fsp3) is 0.500. The van der Waals surface area contributed by atoms with Crippen molar-refractivity contribution in [3.8, 4) is 0 Å². The summed E-state index contributed by atoms with van der Waals surface area (Å²) in [5, 5.41) is 0. The number of nitrogens with two attached hydrogens (primary N) is 1. The Hall–Kier alpha value is -1.86. The molecule has 0 fully saturated rings. The minimum Gasteiger partial charge on any atom is -0.377 e. The number of hydrazine groups is 1. The van der Waals surface area contributed by atoms with Crippen molar-refractivity contribution in [3.63, 3.8) is 0 Å². The van der Waals surface area contributed by atoms with Gasteiger partial charge in [-0.1, -0.05) is 0 Å². The summed E-state index contributed by atoms with van der Waals surface area (Å²) in [5.74, 6) is 6.79. The number of imidazole rings is 1. The lowest BCUT2D eigenvalue weighted by Crippen LogP contribution is -2.26. The molecule has 0 radical (unpaired) electrons. The van der Waals surface area contributed by atoms with Crippen LogP contribution in [0.5, 0.6) is 0 Å². The number of fused-ring (bicyclic) bond motifs is 1. The summed E-state index contributed by atoms with van der Waals surface area (Å²) in [6.45, 7) is 5.42. The lowest BCUT2D eigenvalue weighted by atomic mass is 10.4. The zero-order valence-electron chi connectivity index (χ0n) is 11.5. The van der Waals surface area contributed by atoms with E-state index in [1.165, 1.54) is 0 Å². The van der Waals surface area contributed by atoms with Gasteiger partial charge in [-0.3, -0.25) is 0 Å². The molecule has 7 heteroatoms. The van der Waals surface area contributed by atoms with E-state index in [4.69, 9.17) is 10.6 Å². The number of ether oxygens (including phenoxy) is 1. The van der Waals surface area contributed by atoms with E-state index in [2.05, 4.69) is 15.4 Å². The summed E-state index contributed by atoms with van der Waals surface area (Å²) >= 11 is 0. The van der Waals surface area contributed by atoms with Crippen LogP contribution in [0.4, 0.5) is 11.6 Å². The third kappa shape index (κ3) is 3.12. The van der Waals surface area contributed by atoms with E-state index < -0.39 is 0 Å². The molecule has 2 aromatic rings. The maximum atomic E-state index is 5.55. The Bertz CT molecular complexity index is 538. The van der Waals surface area contributed by atoms with Gasteiger partial charge in [-0.25, -0.2) is 15.8 Å². The summed E-state index contributed by atoms with van der Waals surface area (Å²) in [4.78, 5) is 10.8. The average Bonchev–Trinajstić information content (AvgIpc) is 2.84. The molecule has 0 amide bonds. The van der Waals surface area contributed by atoms with E-state index >= 15 is 0 Å². The van der Waals surface area contributed by atoms with Gasteiger partial charge in [0.2, 0.25) is 0 Å². The predicted octanol–water partition coefficient (Wildman–Crippen LogP) is 0.876. The first-order valence-electron chi connectivity index (χ1n) is 6.25. The van der Waals surface area contributed by atoms with Crippen molar-refractivity contribution in [2.45, 2.75) is 20.0 Å². The minimum absolute atomic E-state index is 0.227. The van der Waals surface area contributed by atoms with Gasteiger partial charge in [0.15, 0.2) is 17.3 Å². The van der Waals surface area contributed by atoms with Crippen LogP contribution >= 0.6 is 0 Å². The number of hydrogen-bond donors (Lipinski definition) is 2. The normalized spacial score (nSPS) is 11.2. The van der Waals surface area contributed by atoms with Crippen LogP contribution in [0.1, 0.15) is 13.8 Å². The van der Waals surface area contributed by atoms with Crippen molar-refractivity contribution in [2.24, 2.45) is 5.84 Å². The Morgan fingerprint density at radius 2 is 2.32 bits per heavy atom. The molecule has 0 aliphatic rings.